The number of Topliss-reactive ketones (excluding diaryl/α,β-unsaturated/α-hetero) is 1. The van der Waals surface area contributed by atoms with Gasteiger partial charge in [0.05, 0.1) is 5.60 Å². The fourth-order valence-electron chi connectivity index (χ4n) is 5.01. The Labute approximate surface area is 124 Å². The van der Waals surface area contributed by atoms with Crippen molar-refractivity contribution in [3.05, 3.63) is 29.3 Å². The van der Waals surface area contributed by atoms with Gasteiger partial charge >= 0.3 is 0 Å². The van der Waals surface area contributed by atoms with Crippen LogP contribution < -0.4 is 0 Å². The van der Waals surface area contributed by atoms with E-state index in [1.54, 1.807) is 12.1 Å². The van der Waals surface area contributed by atoms with Crippen LogP contribution in [0.3, 0.4) is 0 Å². The minimum atomic E-state index is -0.852. The molecule has 4 heteroatoms. The third-order valence-electron chi connectivity index (χ3n) is 6.11. The molecule has 1 aromatic carbocycles. The number of aromatic hydroxyl groups is 1. The topological polar surface area (TPSA) is 60.8 Å². The van der Waals surface area contributed by atoms with Crippen LogP contribution >= 0.6 is 0 Å². The summed E-state index contributed by atoms with van der Waals surface area (Å²) in [5.41, 5.74) is 0.812. The fourth-order valence-corrected chi connectivity index (χ4v) is 5.01. The van der Waals surface area contributed by atoms with Gasteiger partial charge in [0.25, 0.3) is 0 Å². The van der Waals surface area contributed by atoms with Crippen molar-refractivity contribution in [2.45, 2.75) is 49.2 Å². The van der Waals surface area contributed by atoms with Gasteiger partial charge in [0, 0.05) is 24.3 Å². The molecule has 21 heavy (non-hydrogen) atoms. The van der Waals surface area contributed by atoms with Crippen molar-refractivity contribution in [2.24, 2.45) is 0 Å². The number of ketones is 1. The monoisotopic (exact) mass is 287 g/mol. The Balaban J connectivity index is 1.98. The Morgan fingerprint density at radius 3 is 2.95 bits per heavy atom. The molecule has 3 atom stereocenters. The van der Waals surface area contributed by atoms with Crippen LogP contribution in [0.5, 0.6) is 5.75 Å². The molecule has 2 fully saturated rings. The summed E-state index contributed by atoms with van der Waals surface area (Å²) in [6.07, 6.45) is 2.98. The van der Waals surface area contributed by atoms with E-state index in [4.69, 9.17) is 0 Å². The smallest absolute Gasteiger partial charge is 0.134 e. The van der Waals surface area contributed by atoms with Gasteiger partial charge in [-0.25, -0.2) is 0 Å². The number of phenolic OH excluding ortho intramolecular Hbond substituents is 1. The van der Waals surface area contributed by atoms with E-state index in [0.717, 1.165) is 24.9 Å². The summed E-state index contributed by atoms with van der Waals surface area (Å²) in [5, 5.41) is 21.4. The van der Waals surface area contributed by atoms with E-state index in [2.05, 4.69) is 11.9 Å². The number of piperidine rings is 1. The van der Waals surface area contributed by atoms with Crippen molar-refractivity contribution in [1.82, 2.24) is 4.90 Å². The molecule has 0 aromatic heterocycles. The van der Waals surface area contributed by atoms with E-state index >= 15 is 0 Å². The van der Waals surface area contributed by atoms with E-state index in [0.29, 0.717) is 19.3 Å². The van der Waals surface area contributed by atoms with Crippen LogP contribution in [0.2, 0.25) is 0 Å². The Morgan fingerprint density at radius 2 is 2.14 bits per heavy atom. The largest absolute Gasteiger partial charge is 0.508 e. The first-order valence-corrected chi connectivity index (χ1v) is 7.73. The number of carbonyl (C=O) groups excluding carboxylic acids is 1. The standard InChI is InChI=1S/C17H21NO3/c1-18-7-6-16-10-13(20)4-5-17(16,21)15(18)8-11-2-3-12(19)9-14(11)16/h2-3,9,15,19,21H,4-8,10H2,1H3/t15-,16-,17?/m1/s1. The normalized spacial score (nSPS) is 38.8. The molecular weight excluding hydrogens is 266 g/mol. The molecule has 1 saturated heterocycles. The van der Waals surface area contributed by atoms with Gasteiger partial charge in [-0.2, -0.15) is 0 Å². The molecule has 1 aliphatic heterocycles. The molecule has 0 amide bonds. The minimum absolute atomic E-state index is 0.0661. The highest BCUT2D eigenvalue weighted by Crippen LogP contribution is 2.57. The second-order valence-corrected chi connectivity index (χ2v) is 7.01. The number of rotatable bonds is 0. The number of benzene rings is 1. The number of hydrogen-bond acceptors (Lipinski definition) is 4. The Bertz CT molecular complexity index is 628. The molecule has 4 nitrogen and oxygen atoms in total. The van der Waals surface area contributed by atoms with Crippen LogP contribution in [0.15, 0.2) is 18.2 Å². The lowest BCUT2D eigenvalue weighted by molar-refractivity contribution is -0.168. The second-order valence-electron chi connectivity index (χ2n) is 7.01. The molecule has 2 N–H and O–H groups in total. The molecule has 1 heterocycles. The van der Waals surface area contributed by atoms with Crippen LogP contribution in [0.25, 0.3) is 0 Å². The Morgan fingerprint density at radius 1 is 1.33 bits per heavy atom. The average molecular weight is 287 g/mol. The number of aliphatic hydroxyl groups is 1. The third kappa shape index (κ3) is 1.55. The summed E-state index contributed by atoms with van der Waals surface area (Å²) >= 11 is 0. The van der Waals surface area contributed by atoms with Crippen LogP contribution in [0.1, 0.15) is 36.8 Å². The van der Waals surface area contributed by atoms with Crippen LogP contribution in [0, 0.1) is 0 Å². The predicted octanol–water partition coefficient (Wildman–Crippen LogP) is 1.37. The van der Waals surface area contributed by atoms with E-state index < -0.39 is 11.0 Å². The quantitative estimate of drug-likeness (QED) is 0.757. The summed E-state index contributed by atoms with van der Waals surface area (Å²) in [7, 11) is 2.06. The van der Waals surface area contributed by atoms with Gasteiger partial charge in [0.15, 0.2) is 0 Å². The Hall–Kier alpha value is -1.39. The van der Waals surface area contributed by atoms with E-state index in [1.165, 1.54) is 5.56 Å². The first-order valence-electron chi connectivity index (χ1n) is 7.73. The highest BCUT2D eigenvalue weighted by atomic mass is 16.3. The minimum Gasteiger partial charge on any atom is -0.508 e. The van der Waals surface area contributed by atoms with Crippen molar-refractivity contribution in [3.8, 4) is 5.75 Å². The van der Waals surface area contributed by atoms with Gasteiger partial charge in [-0.1, -0.05) is 6.07 Å². The van der Waals surface area contributed by atoms with Gasteiger partial charge in [-0.3, -0.25) is 4.79 Å². The molecule has 2 aliphatic carbocycles. The van der Waals surface area contributed by atoms with Gasteiger partial charge < -0.3 is 15.1 Å². The first kappa shape index (κ1) is 13.3. The lowest BCUT2D eigenvalue weighted by Crippen LogP contribution is -2.72. The van der Waals surface area contributed by atoms with Crippen LogP contribution in [-0.4, -0.2) is 46.1 Å². The number of nitrogens with zero attached hydrogens (tertiary/aromatic N) is 1. The van der Waals surface area contributed by atoms with Crippen molar-refractivity contribution in [2.75, 3.05) is 13.6 Å². The number of likely N-dealkylation sites (N-methyl/N-ethyl adjacent to an activating group) is 1. The molecule has 3 aliphatic rings. The number of carbonyl (C=O) groups is 1. The van der Waals surface area contributed by atoms with Crippen LogP contribution in [-0.2, 0) is 16.6 Å². The molecule has 1 unspecified atom stereocenters. The van der Waals surface area contributed by atoms with Gasteiger partial charge in [-0.05, 0) is 56.1 Å². The maximum atomic E-state index is 12.1. The van der Waals surface area contributed by atoms with E-state index in [1.807, 2.05) is 6.07 Å². The number of fused-ring (bicyclic) bond motifs is 1. The van der Waals surface area contributed by atoms with E-state index in [-0.39, 0.29) is 17.6 Å². The van der Waals surface area contributed by atoms with Crippen LogP contribution in [0.4, 0.5) is 0 Å². The zero-order valence-corrected chi connectivity index (χ0v) is 12.3. The molecule has 1 aromatic rings. The molecule has 112 valence electrons. The van der Waals surface area contributed by atoms with Crippen molar-refractivity contribution in [1.29, 1.82) is 0 Å². The second kappa shape index (κ2) is 4.08. The third-order valence-corrected chi connectivity index (χ3v) is 6.11. The van der Waals surface area contributed by atoms with Crippen molar-refractivity contribution in [3.63, 3.8) is 0 Å². The number of likely N-dealkylation sites (tertiary alicyclic amines) is 1. The summed E-state index contributed by atoms with van der Waals surface area (Å²) in [6.45, 7) is 0.884. The Kier molecular flexibility index (Phi) is 2.58. The SMILES string of the molecule is CN1CC[C@]23CC(=O)CCC2(O)[C@H]1Cc1ccc(O)cc13. The summed E-state index contributed by atoms with van der Waals surface area (Å²) in [4.78, 5) is 14.4. The zero-order chi connectivity index (χ0) is 14.8. The van der Waals surface area contributed by atoms with Gasteiger partial charge in [0.1, 0.15) is 11.5 Å². The van der Waals surface area contributed by atoms with Crippen molar-refractivity contribution < 1.29 is 15.0 Å². The summed E-state index contributed by atoms with van der Waals surface area (Å²) in [6, 6.07) is 5.51. The van der Waals surface area contributed by atoms with Crippen molar-refractivity contribution >= 4 is 5.78 Å². The summed E-state index contributed by atoms with van der Waals surface area (Å²) in [5.74, 6) is 0.458. The molecule has 1 saturated carbocycles. The van der Waals surface area contributed by atoms with Gasteiger partial charge in [-0.15, -0.1) is 0 Å². The fraction of sp³-hybridized carbons (Fsp3) is 0.588. The number of hydrogen-bond donors (Lipinski definition) is 2. The zero-order valence-electron chi connectivity index (χ0n) is 12.3. The maximum Gasteiger partial charge on any atom is 0.134 e. The highest BCUT2D eigenvalue weighted by Gasteiger charge is 2.64. The molecule has 4 rings (SSSR count). The predicted molar refractivity (Wildman–Crippen MR) is 78.3 cm³/mol. The highest BCUT2D eigenvalue weighted by molar-refractivity contribution is 5.82. The molecule has 2 bridgehead atoms. The molecule has 0 radical (unpaired) electrons. The number of phenols is 1. The molecule has 0 spiro atoms. The summed E-state index contributed by atoms with van der Waals surface area (Å²) < 4.78 is 0. The average Bonchev–Trinajstić information content (AvgIpc) is 2.45. The maximum absolute atomic E-state index is 12.1. The lowest BCUT2D eigenvalue weighted by Gasteiger charge is -2.62. The lowest BCUT2D eigenvalue weighted by atomic mass is 9.49. The molecular formula is C17H21NO3. The first-order chi connectivity index (χ1) is 9.96. The van der Waals surface area contributed by atoms with E-state index in [9.17, 15) is 15.0 Å². The van der Waals surface area contributed by atoms with Gasteiger partial charge in [0.2, 0.25) is 0 Å².